The molecule has 1 heterocycles. The number of nitrogens with zero attached hydrogens (tertiary/aromatic N) is 3. The minimum atomic E-state index is -0.240. The number of aryl methyl sites for hydroxylation is 3. The Morgan fingerprint density at radius 2 is 1.93 bits per heavy atom. The molecule has 0 saturated heterocycles. The Morgan fingerprint density at radius 3 is 2.48 bits per heavy atom. The first-order valence-corrected chi connectivity index (χ1v) is 10.2. The highest BCUT2D eigenvalue weighted by atomic mass is 16.5. The largest absolute Gasteiger partial charge is 0.488 e. The molecule has 0 aliphatic rings. The molecule has 0 aliphatic heterocycles. The van der Waals surface area contributed by atoms with E-state index in [1.54, 1.807) is 7.05 Å². The second-order valence-corrected chi connectivity index (χ2v) is 8.77. The average molecular weight is 400 g/mol. The van der Waals surface area contributed by atoms with E-state index < -0.39 is 0 Å². The number of hydrogen-bond donors (Lipinski definition) is 2. The third kappa shape index (κ3) is 6.51. The van der Waals surface area contributed by atoms with E-state index in [9.17, 15) is 0 Å². The van der Waals surface area contributed by atoms with Crippen molar-refractivity contribution in [2.24, 2.45) is 12.0 Å². The number of rotatable bonds is 6. The number of aromatic nitrogens is 2. The van der Waals surface area contributed by atoms with Gasteiger partial charge in [-0.2, -0.15) is 5.10 Å². The maximum absolute atomic E-state index is 6.16. The van der Waals surface area contributed by atoms with E-state index in [2.05, 4.69) is 87.4 Å². The zero-order valence-electron chi connectivity index (χ0n) is 19.5. The number of ether oxygens (including phenoxy) is 1. The second-order valence-electron chi connectivity index (χ2n) is 8.77. The summed E-state index contributed by atoms with van der Waals surface area (Å²) in [6.07, 6.45) is 0.898. The van der Waals surface area contributed by atoms with E-state index in [1.165, 1.54) is 16.8 Å². The van der Waals surface area contributed by atoms with Gasteiger partial charge in [0.2, 0.25) is 0 Å². The summed E-state index contributed by atoms with van der Waals surface area (Å²) in [5.74, 6) is 1.69. The van der Waals surface area contributed by atoms with Crippen LogP contribution >= 0.6 is 0 Å². The summed E-state index contributed by atoms with van der Waals surface area (Å²) >= 11 is 0. The Hall–Kier alpha value is -2.50. The molecule has 160 valence electrons. The number of hydrogen-bond acceptors (Lipinski definition) is 3. The summed E-state index contributed by atoms with van der Waals surface area (Å²) in [7, 11) is 3.79. The van der Waals surface area contributed by atoms with Crippen LogP contribution in [0, 0.1) is 20.8 Å². The first-order valence-electron chi connectivity index (χ1n) is 10.2. The van der Waals surface area contributed by atoms with Gasteiger partial charge in [-0.05, 0) is 72.1 Å². The predicted octanol–water partition coefficient (Wildman–Crippen LogP) is 3.82. The standard InChI is InChI=1S/C23H37N5O/c1-15-10-11-19(21(12-15)29-23(5,6)7)14-25-22(24-8)26-16(2)13-20-17(3)27-28(9)18(20)4/h10-12,16H,13-14H2,1-9H3,(H2,24,25,26). The van der Waals surface area contributed by atoms with E-state index in [0.29, 0.717) is 6.54 Å². The van der Waals surface area contributed by atoms with Gasteiger partial charge in [0, 0.05) is 37.9 Å². The number of guanidine groups is 1. The van der Waals surface area contributed by atoms with E-state index in [1.807, 2.05) is 11.7 Å². The monoisotopic (exact) mass is 399 g/mol. The van der Waals surface area contributed by atoms with E-state index in [0.717, 1.165) is 29.4 Å². The van der Waals surface area contributed by atoms with Crippen molar-refractivity contribution in [3.63, 3.8) is 0 Å². The van der Waals surface area contributed by atoms with Crippen LogP contribution < -0.4 is 15.4 Å². The van der Waals surface area contributed by atoms with Gasteiger partial charge in [0.1, 0.15) is 11.4 Å². The Labute approximate surface area is 175 Å². The summed E-state index contributed by atoms with van der Waals surface area (Å²) in [6, 6.07) is 6.54. The minimum absolute atomic E-state index is 0.228. The number of aliphatic imine (C=N–C) groups is 1. The molecular formula is C23H37N5O. The summed E-state index contributed by atoms with van der Waals surface area (Å²) < 4.78 is 8.10. The maximum Gasteiger partial charge on any atom is 0.191 e. The van der Waals surface area contributed by atoms with Crippen LogP contribution in [0.3, 0.4) is 0 Å². The van der Waals surface area contributed by atoms with Crippen molar-refractivity contribution in [1.82, 2.24) is 20.4 Å². The summed E-state index contributed by atoms with van der Waals surface area (Å²) in [4.78, 5) is 4.39. The van der Waals surface area contributed by atoms with Gasteiger partial charge in [0.05, 0.1) is 5.69 Å². The van der Waals surface area contributed by atoms with Crippen molar-refractivity contribution in [3.05, 3.63) is 46.3 Å². The number of benzene rings is 1. The molecule has 1 aromatic carbocycles. The molecule has 2 rings (SSSR count). The van der Waals surface area contributed by atoms with E-state index in [4.69, 9.17) is 4.74 Å². The van der Waals surface area contributed by atoms with Crippen molar-refractivity contribution >= 4 is 5.96 Å². The predicted molar refractivity (Wildman–Crippen MR) is 121 cm³/mol. The Kier molecular flexibility index (Phi) is 7.33. The summed E-state index contributed by atoms with van der Waals surface area (Å²) in [5.41, 5.74) is 5.65. The van der Waals surface area contributed by atoms with Crippen molar-refractivity contribution in [2.75, 3.05) is 7.05 Å². The lowest BCUT2D eigenvalue weighted by Gasteiger charge is -2.24. The quantitative estimate of drug-likeness (QED) is 0.573. The van der Waals surface area contributed by atoms with E-state index in [-0.39, 0.29) is 11.6 Å². The van der Waals surface area contributed by atoms with Gasteiger partial charge in [0.15, 0.2) is 5.96 Å². The lowest BCUT2D eigenvalue weighted by Crippen LogP contribution is -2.42. The molecule has 0 radical (unpaired) electrons. The molecule has 1 aromatic heterocycles. The van der Waals surface area contributed by atoms with Crippen LogP contribution in [0.4, 0.5) is 0 Å². The maximum atomic E-state index is 6.16. The van der Waals surface area contributed by atoms with Crippen LogP contribution in [-0.4, -0.2) is 34.4 Å². The van der Waals surface area contributed by atoms with Crippen LogP contribution in [0.2, 0.25) is 0 Å². The van der Waals surface area contributed by atoms with Gasteiger partial charge in [-0.3, -0.25) is 9.67 Å². The zero-order valence-corrected chi connectivity index (χ0v) is 19.5. The normalized spacial score (nSPS) is 13.3. The molecule has 29 heavy (non-hydrogen) atoms. The van der Waals surface area contributed by atoms with Gasteiger partial charge >= 0.3 is 0 Å². The van der Waals surface area contributed by atoms with Crippen LogP contribution in [-0.2, 0) is 20.0 Å². The van der Waals surface area contributed by atoms with Crippen molar-refractivity contribution in [2.45, 2.75) is 73.1 Å². The lowest BCUT2D eigenvalue weighted by molar-refractivity contribution is 0.129. The van der Waals surface area contributed by atoms with Crippen molar-refractivity contribution < 1.29 is 4.74 Å². The Bertz CT molecular complexity index is 861. The van der Waals surface area contributed by atoms with Gasteiger partial charge in [-0.15, -0.1) is 0 Å². The fraction of sp³-hybridized carbons (Fsp3) is 0.565. The first kappa shape index (κ1) is 22.8. The van der Waals surface area contributed by atoms with Crippen LogP contribution in [0.5, 0.6) is 5.75 Å². The number of nitrogens with one attached hydrogen (secondary N) is 2. The van der Waals surface area contributed by atoms with Gasteiger partial charge in [-0.1, -0.05) is 12.1 Å². The van der Waals surface area contributed by atoms with Gasteiger partial charge in [0.25, 0.3) is 0 Å². The molecule has 6 heteroatoms. The molecule has 0 saturated carbocycles. The Balaban J connectivity index is 2.02. The third-order valence-corrected chi connectivity index (χ3v) is 4.86. The molecule has 1 atom stereocenters. The molecule has 0 bridgehead atoms. The van der Waals surface area contributed by atoms with Gasteiger partial charge in [-0.25, -0.2) is 0 Å². The second kappa shape index (κ2) is 9.33. The fourth-order valence-electron chi connectivity index (χ4n) is 3.31. The molecular weight excluding hydrogens is 362 g/mol. The van der Waals surface area contributed by atoms with Crippen LogP contribution in [0.25, 0.3) is 0 Å². The van der Waals surface area contributed by atoms with Crippen molar-refractivity contribution in [1.29, 1.82) is 0 Å². The van der Waals surface area contributed by atoms with Gasteiger partial charge < -0.3 is 15.4 Å². The minimum Gasteiger partial charge on any atom is -0.488 e. The zero-order chi connectivity index (χ0) is 21.8. The summed E-state index contributed by atoms with van der Waals surface area (Å²) in [6.45, 7) is 15.3. The van der Waals surface area contributed by atoms with E-state index >= 15 is 0 Å². The molecule has 2 aromatic rings. The van der Waals surface area contributed by atoms with Crippen LogP contribution in [0.1, 0.15) is 55.8 Å². The molecule has 0 spiro atoms. The molecule has 0 amide bonds. The SMILES string of the molecule is CN=C(NCc1ccc(C)cc1OC(C)(C)C)NC(C)Cc1c(C)nn(C)c1C. The fourth-order valence-corrected chi connectivity index (χ4v) is 3.31. The third-order valence-electron chi connectivity index (χ3n) is 4.86. The highest BCUT2D eigenvalue weighted by Crippen LogP contribution is 2.24. The van der Waals surface area contributed by atoms with Crippen LogP contribution in [0.15, 0.2) is 23.2 Å². The average Bonchev–Trinajstić information content (AvgIpc) is 2.84. The molecule has 6 nitrogen and oxygen atoms in total. The molecule has 2 N–H and O–H groups in total. The smallest absolute Gasteiger partial charge is 0.191 e. The summed E-state index contributed by atoms with van der Waals surface area (Å²) in [5, 5.41) is 11.4. The Morgan fingerprint density at radius 1 is 1.24 bits per heavy atom. The lowest BCUT2D eigenvalue weighted by atomic mass is 10.1. The highest BCUT2D eigenvalue weighted by Gasteiger charge is 2.16. The molecule has 1 unspecified atom stereocenters. The topological polar surface area (TPSA) is 63.5 Å². The molecule has 0 aliphatic carbocycles. The highest BCUT2D eigenvalue weighted by molar-refractivity contribution is 5.80. The first-order chi connectivity index (χ1) is 13.5. The molecule has 0 fully saturated rings. The van der Waals surface area contributed by atoms with Crippen molar-refractivity contribution in [3.8, 4) is 5.75 Å².